The van der Waals surface area contributed by atoms with Crippen LogP contribution in [0, 0.1) is 11.8 Å². The molecule has 0 aliphatic rings. The average molecular weight is 261 g/mol. The molecule has 104 valence electrons. The lowest BCUT2D eigenvalue weighted by Gasteiger charge is -2.42. The van der Waals surface area contributed by atoms with Crippen molar-refractivity contribution in [3.8, 4) is 0 Å². The zero-order chi connectivity index (χ0) is 13.6. The van der Waals surface area contributed by atoms with Crippen molar-refractivity contribution < 1.29 is 8.85 Å². The third-order valence-corrected chi connectivity index (χ3v) is 6.80. The monoisotopic (exact) mass is 261 g/mol. The second kappa shape index (κ2) is 7.51. The lowest BCUT2D eigenvalue weighted by atomic mass is 10.2. The van der Waals surface area contributed by atoms with Crippen molar-refractivity contribution in [1.82, 2.24) is 4.57 Å². The van der Waals surface area contributed by atoms with Crippen LogP contribution in [0.4, 0.5) is 0 Å². The van der Waals surface area contributed by atoms with E-state index in [1.807, 2.05) is 0 Å². The van der Waals surface area contributed by atoms with Gasteiger partial charge in [0.2, 0.25) is 0 Å². The van der Waals surface area contributed by atoms with Crippen LogP contribution in [0.5, 0.6) is 0 Å². The summed E-state index contributed by atoms with van der Waals surface area (Å²) in [4.78, 5) is 0. The normalized spacial score (nSPS) is 13.4. The van der Waals surface area contributed by atoms with Crippen molar-refractivity contribution in [3.63, 3.8) is 0 Å². The molecule has 0 aromatic rings. The molecule has 0 aromatic heterocycles. The Balaban J connectivity index is 5.05. The van der Waals surface area contributed by atoms with Crippen LogP contribution in [-0.4, -0.2) is 40.6 Å². The molecule has 0 saturated carbocycles. The highest BCUT2D eigenvalue weighted by molar-refractivity contribution is 6.65. The fourth-order valence-corrected chi connectivity index (χ4v) is 5.98. The molecule has 0 amide bonds. The summed E-state index contributed by atoms with van der Waals surface area (Å²) in [6, 6.07) is 0. The summed E-state index contributed by atoms with van der Waals surface area (Å²) in [5, 5.41) is 0. The highest BCUT2D eigenvalue weighted by Crippen LogP contribution is 2.27. The highest BCUT2D eigenvalue weighted by atomic mass is 28.4. The lowest BCUT2D eigenvalue weighted by Crippen LogP contribution is -2.61. The van der Waals surface area contributed by atoms with Gasteiger partial charge in [0, 0.05) is 19.8 Å². The number of hydrogen-bond acceptors (Lipinski definition) is 3. The molecule has 0 rings (SSSR count). The van der Waals surface area contributed by atoms with Gasteiger partial charge in [0.25, 0.3) is 0 Å². The molecular weight excluding hydrogens is 230 g/mol. The molecule has 0 fully saturated rings. The first-order valence-electron chi connectivity index (χ1n) is 6.65. The summed E-state index contributed by atoms with van der Waals surface area (Å²) in [5.74, 6) is 1.26. The second-order valence-electron chi connectivity index (χ2n) is 5.89. The van der Waals surface area contributed by atoms with Crippen LogP contribution < -0.4 is 0 Å². The third kappa shape index (κ3) is 4.70. The molecule has 0 radical (unpaired) electrons. The summed E-state index contributed by atoms with van der Waals surface area (Å²) in [5.41, 5.74) is 0.426. The summed E-state index contributed by atoms with van der Waals surface area (Å²) < 4.78 is 14.2. The van der Waals surface area contributed by atoms with Crippen molar-refractivity contribution in [2.75, 3.05) is 27.3 Å². The van der Waals surface area contributed by atoms with Crippen LogP contribution in [0.1, 0.15) is 41.5 Å². The van der Waals surface area contributed by atoms with Crippen molar-refractivity contribution in [2.45, 2.75) is 47.1 Å². The van der Waals surface area contributed by atoms with E-state index in [-0.39, 0.29) is 0 Å². The van der Waals surface area contributed by atoms with E-state index in [2.05, 4.69) is 46.1 Å². The van der Waals surface area contributed by atoms with Crippen molar-refractivity contribution in [3.05, 3.63) is 0 Å². The van der Waals surface area contributed by atoms with Crippen LogP contribution in [0.25, 0.3) is 0 Å². The van der Waals surface area contributed by atoms with E-state index in [1.165, 1.54) is 0 Å². The molecule has 4 heteroatoms. The lowest BCUT2D eigenvalue weighted by molar-refractivity contribution is 0.137. The molecule has 0 unspecified atom stereocenters. The molecule has 0 aliphatic heterocycles. The van der Waals surface area contributed by atoms with Crippen LogP contribution in [-0.2, 0) is 8.85 Å². The fraction of sp³-hybridized carbons (Fsp3) is 1.00. The summed E-state index contributed by atoms with van der Waals surface area (Å²) in [6.45, 7) is 15.5. The standard InChI is InChI=1S/C13H31NO2Si/c1-11(2)9-14(10-12(3)4)17(15-7,16-8)13(5)6/h11-13H,9-10H2,1-8H3. The maximum Gasteiger partial charge on any atom is 0.429 e. The van der Waals surface area contributed by atoms with E-state index >= 15 is 0 Å². The summed E-state index contributed by atoms with van der Waals surface area (Å²) >= 11 is 0. The van der Waals surface area contributed by atoms with E-state index in [1.54, 1.807) is 14.2 Å². The van der Waals surface area contributed by atoms with Gasteiger partial charge in [-0.15, -0.1) is 0 Å². The van der Waals surface area contributed by atoms with Crippen LogP contribution >= 0.6 is 0 Å². The molecule has 17 heavy (non-hydrogen) atoms. The average Bonchev–Trinajstić information content (AvgIpc) is 2.17. The Hall–Kier alpha value is 0.0969. The minimum absolute atomic E-state index is 0.426. The Labute approximate surface area is 109 Å². The van der Waals surface area contributed by atoms with Gasteiger partial charge in [0.15, 0.2) is 0 Å². The zero-order valence-electron chi connectivity index (χ0n) is 12.9. The molecule has 0 N–H and O–H groups in total. The maximum absolute atomic E-state index is 5.86. The summed E-state index contributed by atoms with van der Waals surface area (Å²) in [6.07, 6.45) is 0. The van der Waals surface area contributed by atoms with E-state index in [9.17, 15) is 0 Å². The van der Waals surface area contributed by atoms with Crippen LogP contribution in [0.15, 0.2) is 0 Å². The van der Waals surface area contributed by atoms with Gasteiger partial charge in [0.1, 0.15) is 0 Å². The minimum atomic E-state index is -2.24. The highest BCUT2D eigenvalue weighted by Gasteiger charge is 2.46. The molecular formula is C13H31NO2Si. The van der Waals surface area contributed by atoms with E-state index < -0.39 is 8.72 Å². The van der Waals surface area contributed by atoms with Crippen LogP contribution in [0.2, 0.25) is 5.54 Å². The summed E-state index contributed by atoms with van der Waals surface area (Å²) in [7, 11) is 1.35. The second-order valence-corrected chi connectivity index (χ2v) is 9.75. The first kappa shape index (κ1) is 17.1. The molecule has 0 heterocycles. The molecule has 0 saturated heterocycles. The molecule has 0 atom stereocenters. The largest absolute Gasteiger partial charge is 0.429 e. The molecule has 0 spiro atoms. The Morgan fingerprint density at radius 3 is 1.35 bits per heavy atom. The smallest absolute Gasteiger partial charge is 0.386 e. The van der Waals surface area contributed by atoms with Gasteiger partial charge < -0.3 is 8.85 Å². The quantitative estimate of drug-likeness (QED) is 0.626. The first-order chi connectivity index (χ1) is 7.80. The van der Waals surface area contributed by atoms with Gasteiger partial charge >= 0.3 is 8.72 Å². The molecule has 0 aromatic carbocycles. The Morgan fingerprint density at radius 2 is 1.18 bits per heavy atom. The fourth-order valence-electron chi connectivity index (χ4n) is 2.39. The van der Waals surface area contributed by atoms with Gasteiger partial charge in [-0.3, -0.25) is 4.57 Å². The van der Waals surface area contributed by atoms with E-state index in [4.69, 9.17) is 8.85 Å². The predicted octanol–water partition coefficient (Wildman–Crippen LogP) is 3.24. The van der Waals surface area contributed by atoms with Crippen LogP contribution in [0.3, 0.4) is 0 Å². The van der Waals surface area contributed by atoms with E-state index in [0.29, 0.717) is 17.4 Å². The predicted molar refractivity (Wildman–Crippen MR) is 76.1 cm³/mol. The topological polar surface area (TPSA) is 21.7 Å². The van der Waals surface area contributed by atoms with Crippen molar-refractivity contribution in [1.29, 1.82) is 0 Å². The molecule has 0 bridgehead atoms. The SMILES string of the molecule is CO[Si](OC)(C(C)C)N(CC(C)C)CC(C)C. The Kier molecular flexibility index (Phi) is 7.56. The van der Waals surface area contributed by atoms with Gasteiger partial charge in [-0.25, -0.2) is 0 Å². The molecule has 0 aliphatic carbocycles. The number of hydrogen-bond donors (Lipinski definition) is 0. The Bertz CT molecular complexity index is 194. The number of rotatable bonds is 8. The third-order valence-electron chi connectivity index (χ3n) is 2.93. The first-order valence-corrected chi connectivity index (χ1v) is 8.49. The van der Waals surface area contributed by atoms with Gasteiger partial charge in [-0.2, -0.15) is 0 Å². The van der Waals surface area contributed by atoms with Gasteiger partial charge in [-0.05, 0) is 24.9 Å². The Morgan fingerprint density at radius 1 is 0.824 bits per heavy atom. The minimum Gasteiger partial charge on any atom is -0.386 e. The maximum atomic E-state index is 5.86. The zero-order valence-corrected chi connectivity index (χ0v) is 13.9. The van der Waals surface area contributed by atoms with Gasteiger partial charge in [-0.1, -0.05) is 41.5 Å². The molecule has 3 nitrogen and oxygen atoms in total. The van der Waals surface area contributed by atoms with E-state index in [0.717, 1.165) is 13.1 Å². The van der Waals surface area contributed by atoms with Crippen molar-refractivity contribution in [2.24, 2.45) is 11.8 Å². The van der Waals surface area contributed by atoms with Gasteiger partial charge in [0.05, 0.1) is 0 Å². The number of nitrogens with zero attached hydrogens (tertiary/aromatic N) is 1. The van der Waals surface area contributed by atoms with Crippen molar-refractivity contribution >= 4 is 8.72 Å².